The summed E-state index contributed by atoms with van der Waals surface area (Å²) >= 11 is 0. The smallest absolute Gasteiger partial charge is 0.273 e. The lowest BCUT2D eigenvalue weighted by atomic mass is 10.1. The number of ether oxygens (including phenoxy) is 1. The largest absolute Gasteiger partial charge is 0.497 e. The molecular weight excluding hydrogens is 548 g/mol. The molecule has 0 aromatic heterocycles. The molecule has 11 nitrogen and oxygen atoms in total. The van der Waals surface area contributed by atoms with Crippen LogP contribution in [0.2, 0.25) is 0 Å². The summed E-state index contributed by atoms with van der Waals surface area (Å²) in [4.78, 5) is 38.6. The molecule has 12 heteroatoms. The van der Waals surface area contributed by atoms with Crippen LogP contribution in [-0.2, 0) is 26.0 Å². The number of nitro groups is 1. The van der Waals surface area contributed by atoms with Gasteiger partial charge in [0, 0.05) is 25.2 Å². The Bertz CT molecular complexity index is 1480. The number of likely N-dealkylation sites (N-methyl/N-ethyl adjacent to an activating group) is 1. The van der Waals surface area contributed by atoms with Crippen molar-refractivity contribution in [3.05, 3.63) is 94.0 Å². The van der Waals surface area contributed by atoms with E-state index in [1.165, 1.54) is 50.2 Å². The number of carbonyl (C=O) groups excluding carboxylic acids is 2. The van der Waals surface area contributed by atoms with Crippen molar-refractivity contribution < 1.29 is 27.7 Å². The van der Waals surface area contributed by atoms with Crippen LogP contribution in [0.4, 0.5) is 11.4 Å². The summed E-state index contributed by atoms with van der Waals surface area (Å²) in [5.74, 6) is -0.502. The second-order valence-electron chi connectivity index (χ2n) is 9.28. The number of methoxy groups -OCH3 is 1. The van der Waals surface area contributed by atoms with Gasteiger partial charge in [0.15, 0.2) is 0 Å². The van der Waals surface area contributed by atoms with E-state index in [1.807, 2.05) is 30.3 Å². The van der Waals surface area contributed by atoms with Crippen LogP contribution < -0.4 is 14.4 Å². The third-order valence-electron chi connectivity index (χ3n) is 6.72. The van der Waals surface area contributed by atoms with Crippen molar-refractivity contribution in [2.24, 2.45) is 0 Å². The summed E-state index contributed by atoms with van der Waals surface area (Å²) in [6, 6.07) is 18.3. The number of nitro benzene ring substituents is 1. The molecule has 0 aliphatic carbocycles. The van der Waals surface area contributed by atoms with Crippen LogP contribution >= 0.6 is 0 Å². The zero-order valence-corrected chi connectivity index (χ0v) is 24.3. The molecule has 0 spiro atoms. The van der Waals surface area contributed by atoms with E-state index in [4.69, 9.17) is 4.74 Å². The van der Waals surface area contributed by atoms with Gasteiger partial charge in [0.2, 0.25) is 11.8 Å². The van der Waals surface area contributed by atoms with E-state index < -0.39 is 33.4 Å². The number of rotatable bonds is 13. The Morgan fingerprint density at radius 2 is 1.71 bits per heavy atom. The lowest BCUT2D eigenvalue weighted by Gasteiger charge is -2.33. The van der Waals surface area contributed by atoms with Crippen molar-refractivity contribution in [3.63, 3.8) is 0 Å². The Balaban J connectivity index is 2.07. The second kappa shape index (κ2) is 13.8. The number of carbonyl (C=O) groups is 2. The van der Waals surface area contributed by atoms with E-state index >= 15 is 0 Å². The SMILES string of the molecule is CC[C@@H](C(=O)NC)N(CCc1ccccc1)C(=O)CN(c1ccc(OC)cc1)S(=O)(=O)c1ccc(C)c([N+](=O)[O-])c1. The fourth-order valence-corrected chi connectivity index (χ4v) is 5.85. The van der Waals surface area contributed by atoms with Crippen LogP contribution in [0.25, 0.3) is 0 Å². The van der Waals surface area contributed by atoms with E-state index in [0.29, 0.717) is 24.2 Å². The van der Waals surface area contributed by atoms with E-state index in [-0.39, 0.29) is 28.7 Å². The lowest BCUT2D eigenvalue weighted by Crippen LogP contribution is -2.52. The molecule has 0 saturated heterocycles. The van der Waals surface area contributed by atoms with Crippen molar-refractivity contribution in [1.82, 2.24) is 10.2 Å². The van der Waals surface area contributed by atoms with Gasteiger partial charge in [0.05, 0.1) is 22.6 Å². The molecule has 3 aromatic carbocycles. The molecule has 1 atom stereocenters. The summed E-state index contributed by atoms with van der Waals surface area (Å²) in [6.45, 7) is 2.81. The van der Waals surface area contributed by atoms with Crippen LogP contribution in [0.3, 0.4) is 0 Å². The topological polar surface area (TPSA) is 139 Å². The van der Waals surface area contributed by atoms with Crippen molar-refractivity contribution >= 4 is 33.2 Å². The molecule has 1 N–H and O–H groups in total. The van der Waals surface area contributed by atoms with Gasteiger partial charge in [-0.25, -0.2) is 8.42 Å². The minimum absolute atomic E-state index is 0.151. The number of aryl methyl sites for hydroxylation is 1. The third kappa shape index (κ3) is 7.40. The number of nitrogens with one attached hydrogen (secondary N) is 1. The number of anilines is 1. The molecule has 2 amide bonds. The van der Waals surface area contributed by atoms with Crippen molar-refractivity contribution in [1.29, 1.82) is 0 Å². The van der Waals surface area contributed by atoms with Crippen LogP contribution in [0.1, 0.15) is 24.5 Å². The van der Waals surface area contributed by atoms with Crippen molar-refractivity contribution in [3.8, 4) is 5.75 Å². The summed E-state index contributed by atoms with van der Waals surface area (Å²) in [5.41, 5.74) is 1.04. The Kier molecular flexibility index (Phi) is 10.4. The van der Waals surface area contributed by atoms with Crippen molar-refractivity contribution in [2.75, 3.05) is 31.6 Å². The zero-order chi connectivity index (χ0) is 30.2. The molecule has 0 heterocycles. The average molecular weight is 583 g/mol. The fraction of sp³-hybridized carbons (Fsp3) is 0.310. The number of hydrogen-bond acceptors (Lipinski definition) is 7. The normalized spacial score (nSPS) is 11.8. The summed E-state index contributed by atoms with van der Waals surface area (Å²) in [7, 11) is -1.52. The number of sulfonamides is 1. The number of hydrogen-bond donors (Lipinski definition) is 1. The first-order chi connectivity index (χ1) is 19.5. The first-order valence-electron chi connectivity index (χ1n) is 13.0. The Morgan fingerprint density at radius 1 is 1.05 bits per heavy atom. The zero-order valence-electron chi connectivity index (χ0n) is 23.4. The maximum absolute atomic E-state index is 14.0. The molecule has 3 rings (SSSR count). The molecule has 0 unspecified atom stereocenters. The van der Waals surface area contributed by atoms with Gasteiger partial charge < -0.3 is 15.0 Å². The number of nitrogens with zero attached hydrogens (tertiary/aromatic N) is 3. The summed E-state index contributed by atoms with van der Waals surface area (Å²) in [5, 5.41) is 14.1. The van der Waals surface area contributed by atoms with Gasteiger partial charge in [-0.1, -0.05) is 43.3 Å². The van der Waals surface area contributed by atoms with Crippen LogP contribution in [0.15, 0.2) is 77.7 Å². The Labute approximate surface area is 239 Å². The van der Waals surface area contributed by atoms with Gasteiger partial charge >= 0.3 is 0 Å². The highest BCUT2D eigenvalue weighted by molar-refractivity contribution is 7.92. The number of benzene rings is 3. The second-order valence-corrected chi connectivity index (χ2v) is 11.1. The minimum atomic E-state index is -4.46. The Morgan fingerprint density at radius 3 is 2.27 bits per heavy atom. The first kappa shape index (κ1) is 31.1. The maximum Gasteiger partial charge on any atom is 0.273 e. The van der Waals surface area contributed by atoms with E-state index in [0.717, 1.165) is 15.9 Å². The molecule has 3 aromatic rings. The highest BCUT2D eigenvalue weighted by atomic mass is 32.2. The molecule has 0 aliphatic rings. The lowest BCUT2D eigenvalue weighted by molar-refractivity contribution is -0.385. The predicted molar refractivity (Wildman–Crippen MR) is 155 cm³/mol. The quantitative estimate of drug-likeness (QED) is 0.239. The first-order valence-corrected chi connectivity index (χ1v) is 14.4. The highest BCUT2D eigenvalue weighted by Crippen LogP contribution is 2.29. The van der Waals surface area contributed by atoms with Gasteiger partial charge in [-0.15, -0.1) is 0 Å². The Hall–Kier alpha value is -4.45. The van der Waals surface area contributed by atoms with E-state index in [1.54, 1.807) is 19.1 Å². The standard InChI is InChI=1S/C29H34N4O7S/c1-5-26(29(35)30-3)31(18-17-22-9-7-6-8-10-22)28(34)20-32(23-12-14-24(40-4)15-13-23)41(38,39)25-16-11-21(2)27(19-25)33(36)37/h6-16,19,26H,5,17-18,20H2,1-4H3,(H,30,35)/t26-/m0/s1. The van der Waals surface area contributed by atoms with Crippen molar-refractivity contribution in [2.45, 2.75) is 37.6 Å². The maximum atomic E-state index is 14.0. The van der Waals surface area contributed by atoms with E-state index in [2.05, 4.69) is 5.32 Å². The molecule has 0 saturated carbocycles. The van der Waals surface area contributed by atoms with Gasteiger partial charge in [0.1, 0.15) is 18.3 Å². The monoisotopic (exact) mass is 582 g/mol. The molecule has 0 bridgehead atoms. The van der Waals surface area contributed by atoms with Crippen LogP contribution in [0, 0.1) is 17.0 Å². The van der Waals surface area contributed by atoms with Crippen LogP contribution in [-0.4, -0.2) is 63.3 Å². The highest BCUT2D eigenvalue weighted by Gasteiger charge is 2.34. The van der Waals surface area contributed by atoms with Gasteiger partial charge in [-0.3, -0.25) is 24.0 Å². The molecule has 0 fully saturated rings. The molecule has 41 heavy (non-hydrogen) atoms. The van der Waals surface area contributed by atoms with E-state index in [9.17, 15) is 28.1 Å². The van der Waals surface area contributed by atoms with Gasteiger partial charge in [0.25, 0.3) is 15.7 Å². The molecule has 0 aliphatic heterocycles. The van der Waals surface area contributed by atoms with Crippen LogP contribution in [0.5, 0.6) is 5.75 Å². The molecule has 218 valence electrons. The molecular formula is C29H34N4O7S. The third-order valence-corrected chi connectivity index (χ3v) is 8.49. The average Bonchev–Trinajstić information content (AvgIpc) is 2.98. The summed E-state index contributed by atoms with van der Waals surface area (Å²) < 4.78 is 34.0. The van der Waals surface area contributed by atoms with Gasteiger partial charge in [-0.05, 0) is 55.7 Å². The van der Waals surface area contributed by atoms with Gasteiger partial charge in [-0.2, -0.15) is 0 Å². The summed E-state index contributed by atoms with van der Waals surface area (Å²) in [6.07, 6.45) is 0.749. The number of amides is 2. The minimum Gasteiger partial charge on any atom is -0.497 e. The fourth-order valence-electron chi connectivity index (χ4n) is 4.41. The molecule has 0 radical (unpaired) electrons. The predicted octanol–water partition coefficient (Wildman–Crippen LogP) is 3.70.